The van der Waals surface area contributed by atoms with Crippen LogP contribution < -0.4 is 5.73 Å². The molecular formula is C16H26N2O2S. The van der Waals surface area contributed by atoms with Crippen LogP contribution in [0.3, 0.4) is 0 Å². The molecular weight excluding hydrogens is 284 g/mol. The van der Waals surface area contributed by atoms with E-state index in [9.17, 15) is 8.42 Å². The molecule has 1 saturated heterocycles. The van der Waals surface area contributed by atoms with Crippen molar-refractivity contribution in [2.75, 3.05) is 18.8 Å². The summed E-state index contributed by atoms with van der Waals surface area (Å²) in [7, 11) is -3.45. The SMILES string of the molecule is CCc1ccc(N)cc1S(=O)(=O)N1CCCC(C)(C)CC1. The summed E-state index contributed by atoms with van der Waals surface area (Å²) in [6.07, 6.45) is 3.57. The van der Waals surface area contributed by atoms with Gasteiger partial charge < -0.3 is 5.73 Å². The van der Waals surface area contributed by atoms with Crippen LogP contribution in [0.4, 0.5) is 5.69 Å². The summed E-state index contributed by atoms with van der Waals surface area (Å²) in [4.78, 5) is 0.379. The van der Waals surface area contributed by atoms with Gasteiger partial charge in [0, 0.05) is 18.8 Å². The molecule has 0 aliphatic carbocycles. The number of benzene rings is 1. The van der Waals surface area contributed by atoms with Gasteiger partial charge in [-0.1, -0.05) is 26.8 Å². The van der Waals surface area contributed by atoms with Crippen molar-refractivity contribution in [2.24, 2.45) is 5.41 Å². The molecule has 1 aliphatic heterocycles. The fraction of sp³-hybridized carbons (Fsp3) is 0.625. The monoisotopic (exact) mass is 310 g/mol. The maximum Gasteiger partial charge on any atom is 0.243 e. The average Bonchev–Trinajstić information content (AvgIpc) is 2.60. The van der Waals surface area contributed by atoms with Crippen LogP contribution in [0.5, 0.6) is 0 Å². The number of rotatable bonds is 3. The second-order valence-corrected chi connectivity index (χ2v) is 8.55. The number of aryl methyl sites for hydroxylation is 1. The van der Waals surface area contributed by atoms with Gasteiger partial charge in [-0.15, -0.1) is 0 Å². The molecule has 4 nitrogen and oxygen atoms in total. The van der Waals surface area contributed by atoms with Gasteiger partial charge in [0.05, 0.1) is 4.90 Å². The Bertz CT molecular complexity index is 609. The van der Waals surface area contributed by atoms with Crippen LogP contribution in [0, 0.1) is 5.41 Å². The second kappa shape index (κ2) is 5.97. The molecule has 1 fully saturated rings. The minimum atomic E-state index is -3.45. The number of hydrogen-bond acceptors (Lipinski definition) is 3. The largest absolute Gasteiger partial charge is 0.399 e. The van der Waals surface area contributed by atoms with Crippen LogP contribution in [0.15, 0.2) is 23.1 Å². The zero-order valence-corrected chi connectivity index (χ0v) is 14.0. The summed E-state index contributed by atoms with van der Waals surface area (Å²) in [6, 6.07) is 5.19. The topological polar surface area (TPSA) is 63.4 Å². The Labute approximate surface area is 128 Å². The van der Waals surface area contributed by atoms with E-state index < -0.39 is 10.0 Å². The molecule has 0 saturated carbocycles. The first-order chi connectivity index (χ1) is 9.76. The predicted molar refractivity (Wildman–Crippen MR) is 86.6 cm³/mol. The summed E-state index contributed by atoms with van der Waals surface area (Å²) in [6.45, 7) is 7.58. The lowest BCUT2D eigenvalue weighted by molar-refractivity contribution is 0.314. The van der Waals surface area contributed by atoms with Crippen LogP contribution in [0.1, 0.15) is 45.6 Å². The molecule has 0 unspecified atom stereocenters. The van der Waals surface area contributed by atoms with E-state index in [1.54, 1.807) is 16.4 Å². The summed E-state index contributed by atoms with van der Waals surface area (Å²) in [5, 5.41) is 0. The van der Waals surface area contributed by atoms with Crippen LogP contribution in [0.25, 0.3) is 0 Å². The van der Waals surface area contributed by atoms with Crippen molar-refractivity contribution in [3.63, 3.8) is 0 Å². The lowest BCUT2D eigenvalue weighted by Crippen LogP contribution is -2.33. The molecule has 0 atom stereocenters. The molecule has 2 N–H and O–H groups in total. The lowest BCUT2D eigenvalue weighted by atomic mass is 9.85. The van der Waals surface area contributed by atoms with Crippen molar-refractivity contribution in [1.82, 2.24) is 4.31 Å². The van der Waals surface area contributed by atoms with Crippen molar-refractivity contribution in [3.05, 3.63) is 23.8 Å². The standard InChI is InChI=1S/C16H26N2O2S/c1-4-13-6-7-14(17)12-15(13)21(19,20)18-10-5-8-16(2,3)9-11-18/h6-7,12H,4-5,8-11,17H2,1-3H3. The molecule has 1 aliphatic rings. The van der Waals surface area contributed by atoms with E-state index >= 15 is 0 Å². The smallest absolute Gasteiger partial charge is 0.243 e. The number of nitrogens with two attached hydrogens (primary N) is 1. The maximum absolute atomic E-state index is 13.0. The molecule has 0 radical (unpaired) electrons. The fourth-order valence-corrected chi connectivity index (χ4v) is 4.69. The second-order valence-electron chi connectivity index (χ2n) is 6.64. The Morgan fingerprint density at radius 3 is 2.62 bits per heavy atom. The van der Waals surface area contributed by atoms with Crippen molar-refractivity contribution in [3.8, 4) is 0 Å². The van der Waals surface area contributed by atoms with Gasteiger partial charge in [-0.3, -0.25) is 0 Å². The van der Waals surface area contributed by atoms with Crippen molar-refractivity contribution in [2.45, 2.75) is 51.3 Å². The van der Waals surface area contributed by atoms with E-state index in [1.807, 2.05) is 13.0 Å². The van der Waals surface area contributed by atoms with Gasteiger partial charge in [0.1, 0.15) is 0 Å². The summed E-state index contributed by atoms with van der Waals surface area (Å²) >= 11 is 0. The molecule has 118 valence electrons. The van der Waals surface area contributed by atoms with Gasteiger partial charge in [0.2, 0.25) is 10.0 Å². The highest BCUT2D eigenvalue weighted by molar-refractivity contribution is 7.89. The number of sulfonamides is 1. The number of hydrogen-bond donors (Lipinski definition) is 1. The summed E-state index contributed by atoms with van der Waals surface area (Å²) < 4.78 is 27.5. The van der Waals surface area contributed by atoms with Gasteiger partial charge in [-0.25, -0.2) is 8.42 Å². The molecule has 0 spiro atoms. The number of nitrogens with zero attached hydrogens (tertiary/aromatic N) is 1. The van der Waals surface area contributed by atoms with Gasteiger partial charge in [0.15, 0.2) is 0 Å². The molecule has 0 amide bonds. The van der Waals surface area contributed by atoms with E-state index in [4.69, 9.17) is 5.73 Å². The fourth-order valence-electron chi connectivity index (χ4n) is 2.88. The third-order valence-corrected chi connectivity index (χ3v) is 6.37. The van der Waals surface area contributed by atoms with Crippen molar-refractivity contribution >= 4 is 15.7 Å². The quantitative estimate of drug-likeness (QED) is 0.873. The van der Waals surface area contributed by atoms with E-state index in [1.165, 1.54) is 0 Å². The van der Waals surface area contributed by atoms with E-state index in [0.29, 0.717) is 30.1 Å². The Balaban J connectivity index is 2.36. The Morgan fingerprint density at radius 1 is 1.24 bits per heavy atom. The third-order valence-electron chi connectivity index (χ3n) is 4.39. The zero-order chi connectivity index (χ0) is 15.7. The zero-order valence-electron chi connectivity index (χ0n) is 13.2. The van der Waals surface area contributed by atoms with Crippen LogP contribution in [0.2, 0.25) is 0 Å². The van der Waals surface area contributed by atoms with E-state index in [0.717, 1.165) is 24.8 Å². The average molecular weight is 310 g/mol. The minimum Gasteiger partial charge on any atom is -0.399 e. The maximum atomic E-state index is 13.0. The minimum absolute atomic E-state index is 0.216. The van der Waals surface area contributed by atoms with Gasteiger partial charge >= 0.3 is 0 Å². The first-order valence-electron chi connectivity index (χ1n) is 7.65. The molecule has 1 aromatic carbocycles. The first-order valence-corrected chi connectivity index (χ1v) is 9.09. The van der Waals surface area contributed by atoms with Crippen LogP contribution >= 0.6 is 0 Å². The summed E-state index contributed by atoms with van der Waals surface area (Å²) in [5.41, 5.74) is 7.36. The Morgan fingerprint density at radius 2 is 1.95 bits per heavy atom. The van der Waals surface area contributed by atoms with Crippen molar-refractivity contribution in [1.29, 1.82) is 0 Å². The molecule has 2 rings (SSSR count). The molecule has 21 heavy (non-hydrogen) atoms. The van der Waals surface area contributed by atoms with Crippen molar-refractivity contribution < 1.29 is 8.42 Å². The lowest BCUT2D eigenvalue weighted by Gasteiger charge is -2.24. The Hall–Kier alpha value is -1.07. The predicted octanol–water partition coefficient (Wildman–Crippen LogP) is 3.03. The summed E-state index contributed by atoms with van der Waals surface area (Å²) in [5.74, 6) is 0. The number of anilines is 1. The highest BCUT2D eigenvalue weighted by Crippen LogP contribution is 2.32. The van der Waals surface area contributed by atoms with Gasteiger partial charge in [-0.2, -0.15) is 4.31 Å². The third kappa shape index (κ3) is 3.58. The first kappa shape index (κ1) is 16.3. The molecule has 1 aromatic rings. The molecule has 0 bridgehead atoms. The number of nitrogen functional groups attached to an aromatic ring is 1. The van der Waals surface area contributed by atoms with Gasteiger partial charge in [-0.05, 0) is 48.8 Å². The Kier molecular flexibility index (Phi) is 4.63. The molecule has 5 heteroatoms. The van der Waals surface area contributed by atoms with Crippen LogP contribution in [-0.4, -0.2) is 25.8 Å². The highest BCUT2D eigenvalue weighted by atomic mass is 32.2. The highest BCUT2D eigenvalue weighted by Gasteiger charge is 2.31. The van der Waals surface area contributed by atoms with E-state index in [2.05, 4.69) is 13.8 Å². The van der Waals surface area contributed by atoms with Crippen LogP contribution in [-0.2, 0) is 16.4 Å². The molecule has 1 heterocycles. The van der Waals surface area contributed by atoms with Gasteiger partial charge in [0.25, 0.3) is 0 Å². The van der Waals surface area contributed by atoms with E-state index in [-0.39, 0.29) is 5.41 Å². The molecule has 0 aromatic heterocycles. The normalized spacial score (nSPS) is 20.1.